The summed E-state index contributed by atoms with van der Waals surface area (Å²) in [5, 5.41) is 3.17. The number of aromatic nitrogens is 2. The van der Waals surface area contributed by atoms with Crippen LogP contribution in [0.1, 0.15) is 0 Å². The van der Waals surface area contributed by atoms with Crippen molar-refractivity contribution in [1.82, 2.24) is 9.55 Å². The summed E-state index contributed by atoms with van der Waals surface area (Å²) in [6.07, 6.45) is 0. The van der Waals surface area contributed by atoms with Crippen LogP contribution in [0.4, 0.5) is 0 Å². The van der Waals surface area contributed by atoms with Gasteiger partial charge in [0.2, 0.25) is 5.89 Å². The van der Waals surface area contributed by atoms with Crippen molar-refractivity contribution in [3.8, 4) is 50.5 Å². The Morgan fingerprint density at radius 2 is 0.957 bits per heavy atom. The first-order valence-electron chi connectivity index (χ1n) is 15.7. The maximum atomic E-state index is 6.16. The van der Waals surface area contributed by atoms with Gasteiger partial charge >= 0.3 is 0 Å². The van der Waals surface area contributed by atoms with Crippen LogP contribution in [0.25, 0.3) is 83.4 Å². The molecular weight excluding hydrogens is 596 g/mol. The summed E-state index contributed by atoms with van der Waals surface area (Å²) in [7, 11) is 0. The van der Waals surface area contributed by atoms with Crippen molar-refractivity contribution < 1.29 is 4.42 Å². The highest BCUT2D eigenvalue weighted by atomic mass is 35.5. The number of benzene rings is 7. The largest absolute Gasteiger partial charge is 0.436 e. The number of halogens is 1. The van der Waals surface area contributed by atoms with Crippen molar-refractivity contribution in [2.24, 2.45) is 0 Å². The fourth-order valence-corrected chi connectivity index (χ4v) is 6.91. The third kappa shape index (κ3) is 4.72. The second-order valence-electron chi connectivity index (χ2n) is 11.7. The van der Waals surface area contributed by atoms with Crippen molar-refractivity contribution in [2.75, 3.05) is 0 Å². The van der Waals surface area contributed by atoms with E-state index in [1.54, 1.807) is 0 Å². The summed E-state index contributed by atoms with van der Waals surface area (Å²) in [5.41, 5.74) is 13.0. The third-order valence-corrected chi connectivity index (χ3v) is 9.19. The smallest absolute Gasteiger partial charge is 0.227 e. The molecule has 0 saturated heterocycles. The van der Waals surface area contributed by atoms with Gasteiger partial charge in [-0.2, -0.15) is 0 Å². The Morgan fingerprint density at radius 1 is 0.468 bits per heavy atom. The van der Waals surface area contributed by atoms with Crippen molar-refractivity contribution in [3.63, 3.8) is 0 Å². The molecule has 0 amide bonds. The molecule has 0 spiro atoms. The highest BCUT2D eigenvalue weighted by Crippen LogP contribution is 2.39. The Bertz CT molecular complexity index is 2520. The molecule has 222 valence electrons. The van der Waals surface area contributed by atoms with Gasteiger partial charge in [0.05, 0.1) is 11.0 Å². The zero-order chi connectivity index (χ0) is 31.3. The summed E-state index contributed by atoms with van der Waals surface area (Å²) >= 11 is 6.16. The summed E-state index contributed by atoms with van der Waals surface area (Å²) in [6, 6.07) is 57.4. The minimum Gasteiger partial charge on any atom is -0.436 e. The van der Waals surface area contributed by atoms with Crippen LogP contribution in [0.15, 0.2) is 168 Å². The molecule has 0 fully saturated rings. The number of nitrogens with zero attached hydrogens (tertiary/aromatic N) is 2. The van der Waals surface area contributed by atoms with E-state index in [-0.39, 0.29) is 0 Å². The average molecular weight is 623 g/mol. The number of hydrogen-bond acceptors (Lipinski definition) is 2. The van der Waals surface area contributed by atoms with Crippen LogP contribution in [-0.2, 0) is 0 Å². The van der Waals surface area contributed by atoms with E-state index in [4.69, 9.17) is 16.0 Å². The van der Waals surface area contributed by atoms with Gasteiger partial charge in [0, 0.05) is 27.0 Å². The van der Waals surface area contributed by atoms with E-state index in [0.717, 1.165) is 33.5 Å². The molecular formula is C43H27ClN2O. The predicted octanol–water partition coefficient (Wildman–Crippen LogP) is 12.2. The Hall–Kier alpha value is -5.90. The Labute approximate surface area is 276 Å². The first kappa shape index (κ1) is 27.4. The van der Waals surface area contributed by atoms with Gasteiger partial charge in [-0.05, 0) is 88.0 Å². The van der Waals surface area contributed by atoms with Crippen LogP contribution in [0, 0.1) is 0 Å². The van der Waals surface area contributed by atoms with E-state index >= 15 is 0 Å². The van der Waals surface area contributed by atoms with Crippen molar-refractivity contribution >= 4 is 44.5 Å². The van der Waals surface area contributed by atoms with Gasteiger partial charge in [0.1, 0.15) is 5.52 Å². The summed E-state index contributed by atoms with van der Waals surface area (Å²) in [5.74, 6) is 0.580. The minimum atomic E-state index is 0.580. The van der Waals surface area contributed by atoms with Gasteiger partial charge in [-0.1, -0.05) is 121 Å². The molecule has 0 atom stereocenters. The molecule has 9 rings (SSSR count). The van der Waals surface area contributed by atoms with E-state index in [2.05, 4.69) is 155 Å². The van der Waals surface area contributed by atoms with Gasteiger partial charge in [-0.3, -0.25) is 0 Å². The molecule has 0 aliphatic carbocycles. The molecule has 0 radical (unpaired) electrons. The quantitative estimate of drug-likeness (QED) is 0.191. The Kier molecular flexibility index (Phi) is 6.51. The highest BCUT2D eigenvalue weighted by molar-refractivity contribution is 6.31. The van der Waals surface area contributed by atoms with Crippen molar-refractivity contribution in [1.29, 1.82) is 0 Å². The lowest BCUT2D eigenvalue weighted by atomic mass is 9.89. The SMILES string of the molecule is Clc1ccc2oc(-c3ccc(-c4ccccc4-c4ccccc4-c4ccc(-n5c6ccccc6c6ccccc65)cc4)cc3)nc2c1. The number of para-hydroxylation sites is 2. The van der Waals surface area contributed by atoms with Crippen molar-refractivity contribution in [2.45, 2.75) is 0 Å². The lowest BCUT2D eigenvalue weighted by Crippen LogP contribution is -1.94. The number of oxazole rings is 1. The van der Waals surface area contributed by atoms with Crippen LogP contribution in [-0.4, -0.2) is 9.55 Å². The Balaban J connectivity index is 1.09. The van der Waals surface area contributed by atoms with Gasteiger partial charge < -0.3 is 8.98 Å². The number of rotatable bonds is 5. The fourth-order valence-electron chi connectivity index (χ4n) is 6.75. The molecule has 9 aromatic rings. The molecule has 2 aromatic heterocycles. The van der Waals surface area contributed by atoms with Crippen LogP contribution < -0.4 is 0 Å². The molecule has 4 heteroatoms. The lowest BCUT2D eigenvalue weighted by Gasteiger charge is -2.15. The normalized spacial score (nSPS) is 11.5. The third-order valence-electron chi connectivity index (χ3n) is 8.95. The second-order valence-corrected chi connectivity index (χ2v) is 12.2. The van der Waals surface area contributed by atoms with Gasteiger partial charge in [0.25, 0.3) is 0 Å². The van der Waals surface area contributed by atoms with E-state index in [9.17, 15) is 0 Å². The average Bonchev–Trinajstić information content (AvgIpc) is 3.71. The molecule has 2 heterocycles. The lowest BCUT2D eigenvalue weighted by molar-refractivity contribution is 0.620. The van der Waals surface area contributed by atoms with Crippen LogP contribution in [0.2, 0.25) is 5.02 Å². The molecule has 0 N–H and O–H groups in total. The summed E-state index contributed by atoms with van der Waals surface area (Å²) in [6.45, 7) is 0. The number of hydrogen-bond donors (Lipinski definition) is 0. The summed E-state index contributed by atoms with van der Waals surface area (Å²) in [4.78, 5) is 4.66. The predicted molar refractivity (Wildman–Crippen MR) is 195 cm³/mol. The van der Waals surface area contributed by atoms with Gasteiger partial charge in [-0.25, -0.2) is 4.98 Å². The fraction of sp³-hybridized carbons (Fsp3) is 0. The van der Waals surface area contributed by atoms with Crippen LogP contribution in [0.5, 0.6) is 0 Å². The molecule has 0 saturated carbocycles. The van der Waals surface area contributed by atoms with E-state index < -0.39 is 0 Å². The summed E-state index contributed by atoms with van der Waals surface area (Å²) < 4.78 is 8.37. The van der Waals surface area contributed by atoms with Crippen LogP contribution >= 0.6 is 11.6 Å². The monoisotopic (exact) mass is 622 g/mol. The molecule has 3 nitrogen and oxygen atoms in total. The van der Waals surface area contributed by atoms with E-state index in [0.29, 0.717) is 10.9 Å². The molecule has 47 heavy (non-hydrogen) atoms. The number of fused-ring (bicyclic) bond motifs is 4. The van der Waals surface area contributed by atoms with Gasteiger partial charge in [-0.15, -0.1) is 0 Å². The topological polar surface area (TPSA) is 31.0 Å². The molecule has 0 aliphatic heterocycles. The first-order chi connectivity index (χ1) is 23.2. The van der Waals surface area contributed by atoms with E-state index in [1.165, 1.54) is 44.1 Å². The molecule has 0 aliphatic rings. The second kappa shape index (κ2) is 11.2. The highest BCUT2D eigenvalue weighted by Gasteiger charge is 2.15. The zero-order valence-corrected chi connectivity index (χ0v) is 26.0. The van der Waals surface area contributed by atoms with Crippen LogP contribution in [0.3, 0.4) is 0 Å². The first-order valence-corrected chi connectivity index (χ1v) is 16.0. The van der Waals surface area contributed by atoms with Gasteiger partial charge in [0.15, 0.2) is 5.58 Å². The van der Waals surface area contributed by atoms with Crippen molar-refractivity contribution in [3.05, 3.63) is 169 Å². The maximum Gasteiger partial charge on any atom is 0.227 e. The molecule has 0 bridgehead atoms. The zero-order valence-electron chi connectivity index (χ0n) is 25.3. The maximum absolute atomic E-state index is 6.16. The Morgan fingerprint density at radius 3 is 1.55 bits per heavy atom. The molecule has 7 aromatic carbocycles. The van der Waals surface area contributed by atoms with E-state index in [1.807, 2.05) is 18.2 Å². The molecule has 0 unspecified atom stereocenters. The minimum absolute atomic E-state index is 0.580. The standard InChI is InChI=1S/C43H27ClN2O/c44-31-23-26-42-39(27-31)45-43(47-42)30-19-17-28(18-20-30)33-9-1-3-11-35(33)36-12-4-2-10-34(36)29-21-24-32(25-22-29)46-40-15-7-5-13-37(40)38-14-6-8-16-41(38)46/h1-27H.